The summed E-state index contributed by atoms with van der Waals surface area (Å²) in [4.78, 5) is 15.8. The van der Waals surface area contributed by atoms with Crippen LogP contribution in [0.3, 0.4) is 0 Å². The summed E-state index contributed by atoms with van der Waals surface area (Å²) in [7, 11) is 1.56. The highest BCUT2D eigenvalue weighted by Crippen LogP contribution is 2.26. The molecule has 2 N–H and O–H groups in total. The molecule has 3 aromatic rings. The van der Waals surface area contributed by atoms with Gasteiger partial charge in [0, 0.05) is 6.54 Å². The predicted octanol–water partition coefficient (Wildman–Crippen LogP) is 3.38. The van der Waals surface area contributed by atoms with Gasteiger partial charge in [0.15, 0.2) is 0 Å². The number of benzene rings is 2. The van der Waals surface area contributed by atoms with Gasteiger partial charge in [0.25, 0.3) is 0 Å². The van der Waals surface area contributed by atoms with Crippen molar-refractivity contribution in [2.75, 3.05) is 12.4 Å². The van der Waals surface area contributed by atoms with Crippen LogP contribution < -0.4 is 10.1 Å². The SMILES string of the molecule is CCn1c(CNc2cc(C(=O)O)ccc2OC)nc2ccccc21. The molecule has 0 fully saturated rings. The van der Waals surface area contributed by atoms with E-state index < -0.39 is 5.97 Å². The summed E-state index contributed by atoms with van der Waals surface area (Å²) >= 11 is 0. The van der Waals surface area contributed by atoms with Crippen LogP contribution in [0.15, 0.2) is 42.5 Å². The van der Waals surface area contributed by atoms with E-state index in [1.807, 2.05) is 24.3 Å². The molecule has 6 heteroatoms. The van der Waals surface area contributed by atoms with Gasteiger partial charge in [-0.25, -0.2) is 9.78 Å². The van der Waals surface area contributed by atoms with Crippen LogP contribution in [-0.2, 0) is 13.1 Å². The van der Waals surface area contributed by atoms with E-state index in [0.717, 1.165) is 23.4 Å². The minimum absolute atomic E-state index is 0.210. The Hall–Kier alpha value is -3.02. The van der Waals surface area contributed by atoms with Crippen LogP contribution in [0.5, 0.6) is 5.75 Å². The van der Waals surface area contributed by atoms with Gasteiger partial charge in [-0.15, -0.1) is 0 Å². The number of methoxy groups -OCH3 is 1. The number of aromatic nitrogens is 2. The van der Waals surface area contributed by atoms with Crippen molar-refractivity contribution in [3.63, 3.8) is 0 Å². The summed E-state index contributed by atoms with van der Waals surface area (Å²) in [6, 6.07) is 12.7. The molecule has 0 atom stereocenters. The second kappa shape index (κ2) is 6.62. The standard InChI is InChI=1S/C18H19N3O3/c1-3-21-15-7-5-4-6-13(15)20-17(21)11-19-14-10-12(18(22)23)8-9-16(14)24-2/h4-10,19H,3,11H2,1-2H3,(H,22,23). The Labute approximate surface area is 139 Å². The number of nitrogens with zero attached hydrogens (tertiary/aromatic N) is 2. The first-order valence-electron chi connectivity index (χ1n) is 7.73. The molecule has 1 heterocycles. The number of nitrogens with one attached hydrogen (secondary N) is 1. The number of aromatic carboxylic acids is 1. The number of carboxylic acid groups (broad SMARTS) is 1. The molecule has 124 valence electrons. The second-order valence-corrected chi connectivity index (χ2v) is 5.33. The van der Waals surface area contributed by atoms with Crippen LogP contribution in [0.2, 0.25) is 0 Å². The fraction of sp³-hybridized carbons (Fsp3) is 0.222. The first-order valence-corrected chi connectivity index (χ1v) is 7.73. The number of para-hydroxylation sites is 2. The Bertz CT molecular complexity index is 886. The smallest absolute Gasteiger partial charge is 0.335 e. The lowest BCUT2D eigenvalue weighted by Crippen LogP contribution is -2.09. The van der Waals surface area contributed by atoms with Crippen molar-refractivity contribution in [3.8, 4) is 5.75 Å². The summed E-state index contributed by atoms with van der Waals surface area (Å²) in [5, 5.41) is 12.4. The fourth-order valence-electron chi connectivity index (χ4n) is 2.77. The maximum atomic E-state index is 11.2. The number of carboxylic acids is 1. The monoisotopic (exact) mass is 325 g/mol. The second-order valence-electron chi connectivity index (χ2n) is 5.33. The van der Waals surface area contributed by atoms with Crippen LogP contribution in [0, 0.1) is 0 Å². The molecule has 0 spiro atoms. The molecule has 0 aliphatic rings. The molecular weight excluding hydrogens is 306 g/mol. The lowest BCUT2D eigenvalue weighted by Gasteiger charge is -2.12. The van der Waals surface area contributed by atoms with Gasteiger partial charge in [0.05, 0.1) is 35.9 Å². The van der Waals surface area contributed by atoms with Crippen LogP contribution in [-0.4, -0.2) is 27.7 Å². The normalized spacial score (nSPS) is 10.8. The number of imidazole rings is 1. The number of hydrogen-bond acceptors (Lipinski definition) is 4. The Kier molecular flexibility index (Phi) is 4.37. The molecule has 0 saturated carbocycles. The topological polar surface area (TPSA) is 76.4 Å². The van der Waals surface area contributed by atoms with Crippen LogP contribution in [0.25, 0.3) is 11.0 Å². The number of aryl methyl sites for hydroxylation is 1. The molecule has 0 radical (unpaired) electrons. The molecule has 0 aliphatic heterocycles. The highest BCUT2D eigenvalue weighted by Gasteiger charge is 2.12. The third-order valence-corrected chi connectivity index (χ3v) is 3.93. The molecule has 3 rings (SSSR count). The van der Waals surface area contributed by atoms with Gasteiger partial charge >= 0.3 is 5.97 Å². The third kappa shape index (κ3) is 2.90. The zero-order valence-electron chi connectivity index (χ0n) is 13.6. The first kappa shape index (κ1) is 15.9. The van der Waals surface area contributed by atoms with Crippen molar-refractivity contribution in [1.82, 2.24) is 9.55 Å². The fourth-order valence-corrected chi connectivity index (χ4v) is 2.77. The molecule has 24 heavy (non-hydrogen) atoms. The largest absolute Gasteiger partial charge is 0.495 e. The molecule has 0 amide bonds. The summed E-state index contributed by atoms with van der Waals surface area (Å²) in [5.74, 6) is 0.516. The zero-order chi connectivity index (χ0) is 17.1. The number of rotatable bonds is 6. The van der Waals surface area contributed by atoms with Crippen LogP contribution in [0.4, 0.5) is 5.69 Å². The molecule has 0 bridgehead atoms. The molecule has 2 aromatic carbocycles. The van der Waals surface area contributed by atoms with Crippen molar-refractivity contribution in [2.45, 2.75) is 20.0 Å². The van der Waals surface area contributed by atoms with Crippen molar-refractivity contribution in [1.29, 1.82) is 0 Å². The highest BCUT2D eigenvalue weighted by molar-refractivity contribution is 5.89. The lowest BCUT2D eigenvalue weighted by molar-refractivity contribution is 0.0697. The summed E-state index contributed by atoms with van der Waals surface area (Å²) in [6.07, 6.45) is 0. The van der Waals surface area contributed by atoms with Gasteiger partial charge in [0.2, 0.25) is 0 Å². The van der Waals surface area contributed by atoms with E-state index in [0.29, 0.717) is 18.0 Å². The van der Waals surface area contributed by atoms with Crippen molar-refractivity contribution in [2.24, 2.45) is 0 Å². The summed E-state index contributed by atoms with van der Waals surface area (Å²) in [5.41, 5.74) is 2.87. The first-order chi connectivity index (χ1) is 11.6. The van der Waals surface area contributed by atoms with E-state index in [4.69, 9.17) is 9.84 Å². The van der Waals surface area contributed by atoms with Gasteiger partial charge in [-0.2, -0.15) is 0 Å². The van der Waals surface area contributed by atoms with E-state index >= 15 is 0 Å². The Morgan fingerprint density at radius 1 is 1.29 bits per heavy atom. The Morgan fingerprint density at radius 3 is 2.79 bits per heavy atom. The molecule has 0 unspecified atom stereocenters. The Balaban J connectivity index is 1.91. The lowest BCUT2D eigenvalue weighted by atomic mass is 10.2. The highest BCUT2D eigenvalue weighted by atomic mass is 16.5. The van der Waals surface area contributed by atoms with E-state index in [9.17, 15) is 4.79 Å². The number of anilines is 1. The molecule has 6 nitrogen and oxygen atoms in total. The van der Waals surface area contributed by atoms with Crippen molar-refractivity contribution >= 4 is 22.7 Å². The maximum absolute atomic E-state index is 11.2. The van der Waals surface area contributed by atoms with Crippen molar-refractivity contribution in [3.05, 3.63) is 53.9 Å². The quantitative estimate of drug-likeness (QED) is 0.726. The third-order valence-electron chi connectivity index (χ3n) is 3.93. The molecule has 1 aromatic heterocycles. The average molecular weight is 325 g/mol. The molecule has 0 saturated heterocycles. The zero-order valence-corrected chi connectivity index (χ0v) is 13.6. The van der Waals surface area contributed by atoms with Crippen molar-refractivity contribution < 1.29 is 14.6 Å². The van der Waals surface area contributed by atoms with Gasteiger partial charge in [-0.05, 0) is 37.3 Å². The number of hydrogen-bond donors (Lipinski definition) is 2. The van der Waals surface area contributed by atoms with E-state index in [-0.39, 0.29) is 5.56 Å². The Morgan fingerprint density at radius 2 is 2.08 bits per heavy atom. The molecular formula is C18H19N3O3. The minimum atomic E-state index is -0.971. The summed E-state index contributed by atoms with van der Waals surface area (Å²) in [6.45, 7) is 3.36. The van der Waals surface area contributed by atoms with Gasteiger partial charge in [-0.3, -0.25) is 0 Å². The van der Waals surface area contributed by atoms with Crippen LogP contribution in [0.1, 0.15) is 23.1 Å². The van der Waals surface area contributed by atoms with Gasteiger partial charge in [-0.1, -0.05) is 12.1 Å². The molecule has 0 aliphatic carbocycles. The van der Waals surface area contributed by atoms with Crippen LogP contribution >= 0.6 is 0 Å². The van der Waals surface area contributed by atoms with E-state index in [2.05, 4.69) is 21.8 Å². The minimum Gasteiger partial charge on any atom is -0.495 e. The van der Waals surface area contributed by atoms with E-state index in [1.165, 1.54) is 6.07 Å². The number of ether oxygens (including phenoxy) is 1. The van der Waals surface area contributed by atoms with Gasteiger partial charge < -0.3 is 19.7 Å². The van der Waals surface area contributed by atoms with E-state index in [1.54, 1.807) is 19.2 Å². The van der Waals surface area contributed by atoms with Gasteiger partial charge in [0.1, 0.15) is 11.6 Å². The maximum Gasteiger partial charge on any atom is 0.335 e. The number of carbonyl (C=O) groups is 1. The predicted molar refractivity (Wildman–Crippen MR) is 92.7 cm³/mol. The summed E-state index contributed by atoms with van der Waals surface area (Å²) < 4.78 is 7.44. The number of fused-ring (bicyclic) bond motifs is 1. The average Bonchev–Trinajstić information content (AvgIpc) is 2.97.